The zero-order chi connectivity index (χ0) is 9.94. The lowest BCUT2D eigenvalue weighted by Crippen LogP contribution is -2.24. The fourth-order valence-corrected chi connectivity index (χ4v) is 1.51. The standard InChI is InChI=1S/C12H23N/c1-4-6-8-9-11-12(13-3)10-7-5-2/h2,12-13H,4,6-11H2,1,3H3. The van der Waals surface area contributed by atoms with Crippen LogP contribution in [-0.2, 0) is 0 Å². The van der Waals surface area contributed by atoms with E-state index in [1.807, 2.05) is 7.05 Å². The largest absolute Gasteiger partial charge is 0.317 e. The summed E-state index contributed by atoms with van der Waals surface area (Å²) in [6.45, 7) is 2.24. The molecule has 0 amide bonds. The van der Waals surface area contributed by atoms with Gasteiger partial charge in [0.1, 0.15) is 0 Å². The second-order valence-electron chi connectivity index (χ2n) is 3.58. The van der Waals surface area contributed by atoms with Crippen molar-refractivity contribution in [2.24, 2.45) is 0 Å². The van der Waals surface area contributed by atoms with Crippen LogP contribution in [0.3, 0.4) is 0 Å². The molecule has 1 N–H and O–H groups in total. The van der Waals surface area contributed by atoms with Gasteiger partial charge in [0.15, 0.2) is 0 Å². The van der Waals surface area contributed by atoms with Gasteiger partial charge in [0.05, 0.1) is 0 Å². The highest BCUT2D eigenvalue weighted by atomic mass is 14.9. The molecule has 0 saturated heterocycles. The first-order chi connectivity index (χ1) is 6.35. The molecule has 76 valence electrons. The van der Waals surface area contributed by atoms with E-state index in [0.717, 1.165) is 12.8 Å². The van der Waals surface area contributed by atoms with Crippen LogP contribution in [-0.4, -0.2) is 13.1 Å². The third-order valence-electron chi connectivity index (χ3n) is 2.45. The van der Waals surface area contributed by atoms with Crippen molar-refractivity contribution in [1.29, 1.82) is 0 Å². The Hall–Kier alpha value is -0.480. The van der Waals surface area contributed by atoms with Gasteiger partial charge in [0, 0.05) is 12.5 Å². The smallest absolute Gasteiger partial charge is 0.0101 e. The first-order valence-electron chi connectivity index (χ1n) is 5.45. The first kappa shape index (κ1) is 12.5. The minimum Gasteiger partial charge on any atom is -0.317 e. The molecule has 0 rings (SSSR count). The van der Waals surface area contributed by atoms with E-state index in [9.17, 15) is 0 Å². The summed E-state index contributed by atoms with van der Waals surface area (Å²) in [5.41, 5.74) is 0. The van der Waals surface area contributed by atoms with Gasteiger partial charge >= 0.3 is 0 Å². The van der Waals surface area contributed by atoms with E-state index in [0.29, 0.717) is 6.04 Å². The zero-order valence-electron chi connectivity index (χ0n) is 9.10. The molecule has 0 aromatic heterocycles. The third kappa shape index (κ3) is 7.87. The summed E-state index contributed by atoms with van der Waals surface area (Å²) in [5, 5.41) is 3.32. The van der Waals surface area contributed by atoms with E-state index in [1.54, 1.807) is 0 Å². The molecule has 0 radical (unpaired) electrons. The molecule has 0 spiro atoms. The molecule has 0 saturated carbocycles. The van der Waals surface area contributed by atoms with E-state index in [-0.39, 0.29) is 0 Å². The fraction of sp³-hybridized carbons (Fsp3) is 0.833. The molecule has 0 fully saturated rings. The Morgan fingerprint density at radius 2 is 2.00 bits per heavy atom. The number of nitrogens with one attached hydrogen (secondary N) is 1. The summed E-state index contributed by atoms with van der Waals surface area (Å²) in [5.74, 6) is 2.69. The van der Waals surface area contributed by atoms with E-state index < -0.39 is 0 Å². The molecular formula is C12H23N. The Kier molecular flexibility index (Phi) is 9.25. The average molecular weight is 181 g/mol. The highest BCUT2D eigenvalue weighted by Crippen LogP contribution is 2.08. The normalized spacial score (nSPS) is 12.4. The van der Waals surface area contributed by atoms with Crippen LogP contribution >= 0.6 is 0 Å². The maximum absolute atomic E-state index is 5.23. The van der Waals surface area contributed by atoms with Gasteiger partial charge in [-0.3, -0.25) is 0 Å². The molecule has 0 aliphatic carbocycles. The molecular weight excluding hydrogens is 158 g/mol. The number of unbranched alkanes of at least 4 members (excludes halogenated alkanes) is 3. The molecule has 0 aromatic carbocycles. The van der Waals surface area contributed by atoms with Crippen molar-refractivity contribution in [1.82, 2.24) is 5.32 Å². The predicted molar refractivity (Wildman–Crippen MR) is 59.7 cm³/mol. The molecule has 0 bridgehead atoms. The molecule has 0 aliphatic rings. The SMILES string of the molecule is C#CCCC(CCCCCC)NC. The van der Waals surface area contributed by atoms with Gasteiger partial charge in [-0.1, -0.05) is 32.6 Å². The predicted octanol–water partition coefficient (Wildman–Crippen LogP) is 2.96. The van der Waals surface area contributed by atoms with Gasteiger partial charge in [-0.15, -0.1) is 12.3 Å². The van der Waals surface area contributed by atoms with Gasteiger partial charge in [-0.25, -0.2) is 0 Å². The van der Waals surface area contributed by atoms with Crippen LogP contribution in [0.2, 0.25) is 0 Å². The van der Waals surface area contributed by atoms with E-state index in [2.05, 4.69) is 18.2 Å². The Balaban J connectivity index is 3.32. The summed E-state index contributed by atoms with van der Waals surface area (Å²) >= 11 is 0. The lowest BCUT2D eigenvalue weighted by atomic mass is 10.0. The van der Waals surface area contributed by atoms with Crippen LogP contribution in [0.1, 0.15) is 51.9 Å². The van der Waals surface area contributed by atoms with Crippen molar-refractivity contribution >= 4 is 0 Å². The van der Waals surface area contributed by atoms with Crippen LogP contribution in [0.15, 0.2) is 0 Å². The molecule has 0 heterocycles. The Morgan fingerprint density at radius 1 is 1.23 bits per heavy atom. The number of terminal acetylenes is 1. The van der Waals surface area contributed by atoms with Crippen LogP contribution in [0.25, 0.3) is 0 Å². The quantitative estimate of drug-likeness (QED) is 0.448. The van der Waals surface area contributed by atoms with Gasteiger partial charge in [-0.05, 0) is 19.9 Å². The maximum Gasteiger partial charge on any atom is 0.0101 e. The van der Waals surface area contributed by atoms with E-state index in [1.165, 1.54) is 32.1 Å². The van der Waals surface area contributed by atoms with Crippen molar-refractivity contribution in [2.75, 3.05) is 7.05 Å². The van der Waals surface area contributed by atoms with E-state index in [4.69, 9.17) is 6.42 Å². The highest BCUT2D eigenvalue weighted by molar-refractivity contribution is 4.85. The van der Waals surface area contributed by atoms with Crippen LogP contribution in [0.5, 0.6) is 0 Å². The Morgan fingerprint density at radius 3 is 2.54 bits per heavy atom. The fourth-order valence-electron chi connectivity index (χ4n) is 1.51. The monoisotopic (exact) mass is 181 g/mol. The minimum absolute atomic E-state index is 0.632. The molecule has 1 unspecified atom stereocenters. The molecule has 1 heteroatoms. The number of hydrogen-bond acceptors (Lipinski definition) is 1. The average Bonchev–Trinajstić information content (AvgIpc) is 2.17. The molecule has 1 atom stereocenters. The van der Waals surface area contributed by atoms with Crippen molar-refractivity contribution in [2.45, 2.75) is 57.9 Å². The van der Waals surface area contributed by atoms with Crippen LogP contribution in [0, 0.1) is 12.3 Å². The topological polar surface area (TPSA) is 12.0 Å². The minimum atomic E-state index is 0.632. The Labute approximate surface area is 83.3 Å². The van der Waals surface area contributed by atoms with Crippen molar-refractivity contribution < 1.29 is 0 Å². The molecule has 0 aromatic rings. The number of hydrogen-bond donors (Lipinski definition) is 1. The van der Waals surface area contributed by atoms with Crippen molar-refractivity contribution in [3.8, 4) is 12.3 Å². The van der Waals surface area contributed by atoms with Gasteiger partial charge < -0.3 is 5.32 Å². The zero-order valence-corrected chi connectivity index (χ0v) is 9.10. The number of rotatable bonds is 8. The lowest BCUT2D eigenvalue weighted by molar-refractivity contribution is 0.466. The van der Waals surface area contributed by atoms with Crippen LogP contribution < -0.4 is 5.32 Å². The molecule has 13 heavy (non-hydrogen) atoms. The summed E-state index contributed by atoms with van der Waals surface area (Å²) in [4.78, 5) is 0. The third-order valence-corrected chi connectivity index (χ3v) is 2.45. The van der Waals surface area contributed by atoms with Gasteiger partial charge in [0.25, 0.3) is 0 Å². The summed E-state index contributed by atoms with van der Waals surface area (Å²) in [6, 6.07) is 0.632. The summed E-state index contributed by atoms with van der Waals surface area (Å²) in [7, 11) is 2.03. The highest BCUT2D eigenvalue weighted by Gasteiger charge is 2.03. The first-order valence-corrected chi connectivity index (χ1v) is 5.45. The van der Waals surface area contributed by atoms with Crippen molar-refractivity contribution in [3.05, 3.63) is 0 Å². The summed E-state index contributed by atoms with van der Waals surface area (Å²) in [6.07, 6.45) is 13.9. The second kappa shape index (κ2) is 9.61. The maximum atomic E-state index is 5.23. The van der Waals surface area contributed by atoms with Crippen LogP contribution in [0.4, 0.5) is 0 Å². The van der Waals surface area contributed by atoms with Gasteiger partial charge in [-0.2, -0.15) is 0 Å². The Bertz CT molecular complexity index is 135. The van der Waals surface area contributed by atoms with Gasteiger partial charge in [0.2, 0.25) is 0 Å². The molecule has 1 nitrogen and oxygen atoms in total. The van der Waals surface area contributed by atoms with Crippen molar-refractivity contribution in [3.63, 3.8) is 0 Å². The molecule has 0 aliphatic heterocycles. The second-order valence-corrected chi connectivity index (χ2v) is 3.58. The summed E-state index contributed by atoms with van der Waals surface area (Å²) < 4.78 is 0. The lowest BCUT2D eigenvalue weighted by Gasteiger charge is -2.14. The van der Waals surface area contributed by atoms with E-state index >= 15 is 0 Å².